The van der Waals surface area contributed by atoms with Gasteiger partial charge in [0.05, 0.1) is 5.69 Å². The molecular weight excluding hydrogens is 254 g/mol. The Balaban J connectivity index is 2.55. The Morgan fingerprint density at radius 1 is 1.30 bits per heavy atom. The highest BCUT2D eigenvalue weighted by atomic mass is 16.4. The number of carboxylic acids is 1. The maximum atomic E-state index is 11.0. The van der Waals surface area contributed by atoms with Gasteiger partial charge in [0.1, 0.15) is 0 Å². The summed E-state index contributed by atoms with van der Waals surface area (Å²) in [5.41, 5.74) is 2.97. The molecule has 0 radical (unpaired) electrons. The first-order chi connectivity index (χ1) is 9.58. The number of aromatic nitrogens is 2. The number of aryl methyl sites for hydroxylation is 1. The predicted octanol–water partition coefficient (Wildman–Crippen LogP) is 2.63. The van der Waals surface area contributed by atoms with Crippen molar-refractivity contribution in [1.29, 1.82) is 0 Å². The molecule has 2 rings (SSSR count). The van der Waals surface area contributed by atoms with Crippen molar-refractivity contribution < 1.29 is 9.90 Å². The third-order valence-corrected chi connectivity index (χ3v) is 3.38. The van der Waals surface area contributed by atoms with Crippen LogP contribution in [0, 0.1) is 0 Å². The topological polar surface area (TPSA) is 58.4 Å². The number of benzene rings is 1. The molecule has 0 bridgehead atoms. The van der Waals surface area contributed by atoms with Crippen molar-refractivity contribution >= 4 is 11.7 Å². The van der Waals surface area contributed by atoms with Crippen LogP contribution in [0.15, 0.2) is 30.3 Å². The van der Waals surface area contributed by atoms with Crippen molar-refractivity contribution in [3.8, 4) is 11.3 Å². The number of hydrogen-bond acceptors (Lipinski definition) is 3. The van der Waals surface area contributed by atoms with Gasteiger partial charge in [-0.15, -0.1) is 0 Å². The van der Waals surface area contributed by atoms with Gasteiger partial charge in [0, 0.05) is 31.4 Å². The minimum absolute atomic E-state index is 0.0665. The zero-order valence-corrected chi connectivity index (χ0v) is 12.0. The molecule has 1 aromatic carbocycles. The molecule has 0 saturated carbocycles. The van der Waals surface area contributed by atoms with Gasteiger partial charge in [-0.2, -0.15) is 5.10 Å². The summed E-state index contributed by atoms with van der Waals surface area (Å²) in [6.45, 7) is 6.01. The monoisotopic (exact) mass is 273 g/mol. The van der Waals surface area contributed by atoms with Crippen LogP contribution in [0.25, 0.3) is 11.3 Å². The number of carboxylic acid groups (broad SMARTS) is 1. The summed E-state index contributed by atoms with van der Waals surface area (Å²) in [6.07, 6.45) is 0. The molecule has 20 heavy (non-hydrogen) atoms. The van der Waals surface area contributed by atoms with E-state index in [4.69, 9.17) is 5.11 Å². The van der Waals surface area contributed by atoms with E-state index in [1.165, 1.54) is 0 Å². The standard InChI is InChI=1S/C15H19N3O2/c1-4-18(5-2)13-9-7-6-8-11(13)14-10-12(15(19)20)16-17(14)3/h6-10H,4-5H2,1-3H3,(H,19,20). The Morgan fingerprint density at radius 3 is 2.50 bits per heavy atom. The number of anilines is 1. The molecule has 1 N–H and O–H groups in total. The molecule has 0 amide bonds. The largest absolute Gasteiger partial charge is 0.476 e. The molecule has 5 heteroatoms. The quantitative estimate of drug-likeness (QED) is 0.909. The molecule has 0 fully saturated rings. The van der Waals surface area contributed by atoms with Crippen molar-refractivity contribution in [3.05, 3.63) is 36.0 Å². The fourth-order valence-corrected chi connectivity index (χ4v) is 2.35. The lowest BCUT2D eigenvalue weighted by molar-refractivity contribution is 0.0689. The lowest BCUT2D eigenvalue weighted by Crippen LogP contribution is -2.22. The summed E-state index contributed by atoms with van der Waals surface area (Å²) in [5, 5.41) is 13.1. The van der Waals surface area contributed by atoms with Crippen molar-refractivity contribution in [2.45, 2.75) is 13.8 Å². The molecule has 0 spiro atoms. The lowest BCUT2D eigenvalue weighted by atomic mass is 10.1. The van der Waals surface area contributed by atoms with Crippen molar-refractivity contribution in [1.82, 2.24) is 9.78 Å². The highest BCUT2D eigenvalue weighted by Gasteiger charge is 2.16. The predicted molar refractivity (Wildman–Crippen MR) is 79.2 cm³/mol. The third kappa shape index (κ3) is 2.52. The van der Waals surface area contributed by atoms with E-state index in [1.807, 2.05) is 18.2 Å². The van der Waals surface area contributed by atoms with Crippen LogP contribution in [0.2, 0.25) is 0 Å². The maximum Gasteiger partial charge on any atom is 0.356 e. The van der Waals surface area contributed by atoms with Gasteiger partial charge in [-0.25, -0.2) is 4.79 Å². The van der Waals surface area contributed by atoms with E-state index in [9.17, 15) is 4.79 Å². The molecule has 0 aliphatic rings. The van der Waals surface area contributed by atoms with Gasteiger partial charge < -0.3 is 10.0 Å². The van der Waals surface area contributed by atoms with E-state index in [2.05, 4.69) is 29.9 Å². The highest BCUT2D eigenvalue weighted by Crippen LogP contribution is 2.30. The van der Waals surface area contributed by atoms with Gasteiger partial charge in [0.2, 0.25) is 0 Å². The molecule has 106 valence electrons. The lowest BCUT2D eigenvalue weighted by Gasteiger charge is -2.24. The third-order valence-electron chi connectivity index (χ3n) is 3.38. The van der Waals surface area contributed by atoms with Crippen LogP contribution in [-0.4, -0.2) is 33.9 Å². The second-order valence-electron chi connectivity index (χ2n) is 4.53. The van der Waals surface area contributed by atoms with Crippen LogP contribution in [-0.2, 0) is 7.05 Å². The Hall–Kier alpha value is -2.30. The van der Waals surface area contributed by atoms with Gasteiger partial charge in [-0.05, 0) is 26.0 Å². The zero-order chi connectivity index (χ0) is 14.7. The molecule has 0 saturated heterocycles. The molecule has 0 atom stereocenters. The first kappa shape index (κ1) is 14.1. The molecule has 0 aliphatic heterocycles. The average Bonchev–Trinajstić information content (AvgIpc) is 2.83. The van der Waals surface area contributed by atoms with E-state index < -0.39 is 5.97 Å². The van der Waals surface area contributed by atoms with Crippen LogP contribution in [0.1, 0.15) is 24.3 Å². The maximum absolute atomic E-state index is 11.0. The van der Waals surface area contributed by atoms with Crippen LogP contribution in [0.3, 0.4) is 0 Å². The first-order valence-corrected chi connectivity index (χ1v) is 6.70. The number of nitrogens with zero attached hydrogens (tertiary/aromatic N) is 3. The Morgan fingerprint density at radius 2 is 1.95 bits per heavy atom. The number of rotatable bonds is 5. The molecular formula is C15H19N3O2. The molecule has 2 aromatic rings. The Bertz CT molecular complexity index is 615. The van der Waals surface area contributed by atoms with Crippen LogP contribution >= 0.6 is 0 Å². The molecule has 1 heterocycles. The van der Waals surface area contributed by atoms with Crippen molar-refractivity contribution in [2.75, 3.05) is 18.0 Å². The van der Waals surface area contributed by atoms with Gasteiger partial charge in [-0.3, -0.25) is 4.68 Å². The van der Waals surface area contributed by atoms with E-state index >= 15 is 0 Å². The smallest absolute Gasteiger partial charge is 0.356 e. The van der Waals surface area contributed by atoms with E-state index in [0.717, 1.165) is 30.0 Å². The second-order valence-corrected chi connectivity index (χ2v) is 4.53. The normalized spacial score (nSPS) is 10.6. The van der Waals surface area contributed by atoms with Gasteiger partial charge in [0.25, 0.3) is 0 Å². The average molecular weight is 273 g/mol. The SMILES string of the molecule is CCN(CC)c1ccccc1-c1cc(C(=O)O)nn1C. The summed E-state index contributed by atoms with van der Waals surface area (Å²) in [7, 11) is 1.76. The fraction of sp³-hybridized carbons (Fsp3) is 0.333. The summed E-state index contributed by atoms with van der Waals surface area (Å²) in [4.78, 5) is 13.3. The van der Waals surface area contributed by atoms with E-state index in [1.54, 1.807) is 17.8 Å². The number of aromatic carboxylic acids is 1. The molecule has 0 unspecified atom stereocenters. The minimum Gasteiger partial charge on any atom is -0.476 e. The summed E-state index contributed by atoms with van der Waals surface area (Å²) >= 11 is 0. The Kier molecular flexibility index (Phi) is 4.08. The number of hydrogen-bond donors (Lipinski definition) is 1. The molecule has 5 nitrogen and oxygen atoms in total. The van der Waals surface area contributed by atoms with Gasteiger partial charge in [-0.1, -0.05) is 18.2 Å². The van der Waals surface area contributed by atoms with Crippen LogP contribution < -0.4 is 4.90 Å². The van der Waals surface area contributed by atoms with Gasteiger partial charge in [0.15, 0.2) is 5.69 Å². The van der Waals surface area contributed by atoms with Crippen LogP contribution in [0.4, 0.5) is 5.69 Å². The molecule has 0 aliphatic carbocycles. The molecule has 1 aromatic heterocycles. The summed E-state index contributed by atoms with van der Waals surface area (Å²) in [5.74, 6) is -1.01. The number of carbonyl (C=O) groups is 1. The summed E-state index contributed by atoms with van der Waals surface area (Å²) in [6, 6.07) is 9.61. The minimum atomic E-state index is -1.01. The Labute approximate surface area is 118 Å². The van der Waals surface area contributed by atoms with E-state index in [-0.39, 0.29) is 5.69 Å². The van der Waals surface area contributed by atoms with E-state index in [0.29, 0.717) is 0 Å². The van der Waals surface area contributed by atoms with Crippen molar-refractivity contribution in [2.24, 2.45) is 7.05 Å². The zero-order valence-electron chi connectivity index (χ0n) is 12.0. The second kappa shape index (κ2) is 5.77. The van der Waals surface area contributed by atoms with Crippen LogP contribution in [0.5, 0.6) is 0 Å². The first-order valence-electron chi connectivity index (χ1n) is 6.70. The highest BCUT2D eigenvalue weighted by molar-refractivity contribution is 5.88. The number of para-hydroxylation sites is 1. The van der Waals surface area contributed by atoms with Crippen molar-refractivity contribution in [3.63, 3.8) is 0 Å². The summed E-state index contributed by atoms with van der Waals surface area (Å²) < 4.78 is 1.62. The fourth-order valence-electron chi connectivity index (χ4n) is 2.35. The van der Waals surface area contributed by atoms with Gasteiger partial charge >= 0.3 is 5.97 Å².